The fourth-order valence-corrected chi connectivity index (χ4v) is 15.0. The minimum atomic E-state index is -5.08. The van der Waals surface area contributed by atoms with E-state index in [1.165, 1.54) is 45.5 Å². The fraction of sp³-hybridized carbons (Fsp3) is 0.322. The van der Waals surface area contributed by atoms with Crippen molar-refractivity contribution >= 4 is 64.0 Å². The molecule has 0 amide bonds. The van der Waals surface area contributed by atoms with E-state index in [0.717, 1.165) is 25.7 Å². The van der Waals surface area contributed by atoms with Crippen LogP contribution in [0.4, 0.5) is 44.7 Å². The first-order chi connectivity index (χ1) is 52.4. The normalized spacial score (nSPS) is 17.2. The number of allylic oxidation sites excluding steroid dienone is 1. The van der Waals surface area contributed by atoms with Crippen LogP contribution < -0.4 is 19.6 Å². The van der Waals surface area contributed by atoms with Gasteiger partial charge in [-0.15, -0.1) is 0 Å². The minimum absolute atomic E-state index is 0. The Hall–Kier alpha value is -11.1. The van der Waals surface area contributed by atoms with Gasteiger partial charge >= 0.3 is 30.1 Å². The smallest absolute Gasteiger partial charge is 0.481 e. The molecule has 576 valence electrons. The van der Waals surface area contributed by atoms with Crippen LogP contribution in [-0.2, 0) is 44.5 Å². The molecule has 0 radical (unpaired) electrons. The summed E-state index contributed by atoms with van der Waals surface area (Å²) in [4.78, 5) is 96.1. The number of ether oxygens (including phenoxy) is 2. The van der Waals surface area contributed by atoms with Crippen LogP contribution in [0.2, 0.25) is 0 Å². The maximum atomic E-state index is 16.1. The summed E-state index contributed by atoms with van der Waals surface area (Å²) in [5, 5.41) is 25.0. The van der Waals surface area contributed by atoms with Crippen LogP contribution in [0.15, 0.2) is 231 Å². The third kappa shape index (κ3) is 17.9. The molecule has 110 heavy (non-hydrogen) atoms. The summed E-state index contributed by atoms with van der Waals surface area (Å²) < 4.78 is 73.4. The van der Waals surface area contributed by atoms with Gasteiger partial charge in [-0.25, -0.2) is 18.4 Å². The van der Waals surface area contributed by atoms with Crippen molar-refractivity contribution in [3.8, 4) is 0 Å². The van der Waals surface area contributed by atoms with E-state index in [1.807, 2.05) is 47.4 Å². The number of alkyl halides is 3. The van der Waals surface area contributed by atoms with Crippen LogP contribution in [0, 0.1) is 23.5 Å². The van der Waals surface area contributed by atoms with E-state index in [-0.39, 0.29) is 75.8 Å². The van der Waals surface area contributed by atoms with E-state index in [1.54, 1.807) is 19.9 Å². The Morgan fingerprint density at radius 1 is 0.464 bits per heavy atom. The molecule has 8 aromatic carbocycles. The van der Waals surface area contributed by atoms with Gasteiger partial charge < -0.3 is 44.4 Å². The van der Waals surface area contributed by atoms with Gasteiger partial charge in [-0.3, -0.25) is 33.8 Å². The summed E-state index contributed by atoms with van der Waals surface area (Å²) in [6, 6.07) is 69.9. The number of ketones is 3. The Balaban J connectivity index is 0.000000195. The average molecular weight is 1510 g/mol. The Kier molecular flexibility index (Phi) is 26.6. The SMILES string of the molecule is C.C=C(C)C(=O)CCOC(=O)C1CN(C2CC2)c2cc(N3CCN(C(c4ccccc4)(c4ccccc4)c4ccccc4)CC3)c(F)cc2C1=O.C=C(C)C(=O)OCCO.O=C(O)C(F)(F)F.O=C(O)C1CN(C2CC2)c2cc(N3CCN(C(c4ccccc4)(c4ccccc4)c4ccccc4)CC3)c(F)cc2C1=O. The monoisotopic (exact) mass is 1510 g/mol. The second-order valence-electron chi connectivity index (χ2n) is 27.7. The number of aliphatic hydroxyl groups excluding tert-OH is 1. The lowest BCUT2D eigenvalue weighted by Crippen LogP contribution is -2.56. The predicted molar refractivity (Wildman–Crippen MR) is 411 cm³/mol. The number of benzene rings is 8. The maximum absolute atomic E-state index is 16.1. The molecule has 3 N–H and O–H groups in total. The van der Waals surface area contributed by atoms with Crippen molar-refractivity contribution < 1.29 is 80.3 Å². The van der Waals surface area contributed by atoms with Crippen LogP contribution >= 0.6 is 0 Å². The lowest BCUT2D eigenvalue weighted by Gasteiger charge is -2.49. The molecule has 2 atom stereocenters. The Morgan fingerprint density at radius 3 is 1.06 bits per heavy atom. The van der Waals surface area contributed by atoms with Gasteiger partial charge in [0.05, 0.1) is 47.0 Å². The van der Waals surface area contributed by atoms with E-state index < -0.39 is 76.2 Å². The summed E-state index contributed by atoms with van der Waals surface area (Å²) in [7, 11) is 0. The van der Waals surface area contributed by atoms with Crippen LogP contribution in [0.3, 0.4) is 0 Å². The third-order valence-electron chi connectivity index (χ3n) is 20.5. The van der Waals surface area contributed by atoms with Gasteiger partial charge in [0.2, 0.25) is 0 Å². The molecular formula is C87H91F5N6O12. The fourth-order valence-electron chi connectivity index (χ4n) is 15.0. The van der Waals surface area contributed by atoms with Crippen LogP contribution in [0.25, 0.3) is 0 Å². The number of aliphatic carboxylic acids is 2. The van der Waals surface area contributed by atoms with E-state index in [0.29, 0.717) is 86.3 Å². The molecular weight excluding hydrogens is 1420 g/mol. The number of aliphatic hydroxyl groups is 1. The van der Waals surface area contributed by atoms with Crippen molar-refractivity contribution in [1.29, 1.82) is 0 Å². The molecule has 2 unspecified atom stereocenters. The van der Waals surface area contributed by atoms with E-state index in [4.69, 9.17) is 19.7 Å². The number of piperazine rings is 2. The molecule has 6 aliphatic rings. The molecule has 2 saturated carbocycles. The Bertz CT molecular complexity index is 4380. The number of hydrogen-bond acceptors (Lipinski definition) is 16. The van der Waals surface area contributed by atoms with Crippen molar-refractivity contribution in [3.05, 3.63) is 287 Å². The van der Waals surface area contributed by atoms with Gasteiger partial charge in [0.15, 0.2) is 17.3 Å². The van der Waals surface area contributed by atoms with Gasteiger partial charge in [-0.1, -0.05) is 203 Å². The highest BCUT2D eigenvalue weighted by Crippen LogP contribution is 2.48. The zero-order chi connectivity index (χ0) is 77.7. The zero-order valence-corrected chi connectivity index (χ0v) is 60.7. The highest BCUT2D eigenvalue weighted by Gasteiger charge is 2.49. The average Bonchev–Trinajstić information content (AvgIpc) is 1.38. The number of carboxylic acid groups (broad SMARTS) is 2. The first kappa shape index (κ1) is 81.4. The molecule has 0 aromatic heterocycles. The van der Waals surface area contributed by atoms with Gasteiger partial charge in [-0.05, 0) is 103 Å². The molecule has 2 aliphatic carbocycles. The topological polar surface area (TPSA) is 218 Å². The van der Waals surface area contributed by atoms with Gasteiger partial charge in [0.25, 0.3) is 0 Å². The molecule has 23 heteroatoms. The van der Waals surface area contributed by atoms with E-state index in [2.05, 4.69) is 188 Å². The molecule has 0 bridgehead atoms. The number of rotatable bonds is 21. The number of nitrogens with zero attached hydrogens (tertiary/aromatic N) is 6. The van der Waals surface area contributed by atoms with Crippen LogP contribution in [-0.4, -0.2) is 170 Å². The molecule has 0 spiro atoms. The lowest BCUT2D eigenvalue weighted by atomic mass is 9.75. The highest BCUT2D eigenvalue weighted by atomic mass is 19.4. The van der Waals surface area contributed by atoms with Crippen LogP contribution in [0.5, 0.6) is 0 Å². The summed E-state index contributed by atoms with van der Waals surface area (Å²) in [5.74, 6) is -9.39. The number of hydrogen-bond donors (Lipinski definition) is 3. The molecule has 2 saturated heterocycles. The molecule has 4 aliphatic heterocycles. The Labute approximate surface area is 637 Å². The van der Waals surface area contributed by atoms with Crippen molar-refractivity contribution in [2.45, 2.75) is 82.7 Å². The van der Waals surface area contributed by atoms with Gasteiger partial charge in [0.1, 0.15) is 30.1 Å². The molecule has 18 nitrogen and oxygen atoms in total. The number of carbonyl (C=O) groups excluding carboxylic acids is 5. The molecule has 4 heterocycles. The molecule has 8 aromatic rings. The lowest BCUT2D eigenvalue weighted by molar-refractivity contribution is -0.192. The minimum Gasteiger partial charge on any atom is -0.481 e. The summed E-state index contributed by atoms with van der Waals surface area (Å²) in [5.41, 5.74) is 9.32. The molecule has 4 fully saturated rings. The third-order valence-corrected chi connectivity index (χ3v) is 20.5. The quantitative estimate of drug-likeness (QED) is 0.0200. The first-order valence-corrected chi connectivity index (χ1v) is 36.3. The van der Waals surface area contributed by atoms with Crippen molar-refractivity contribution in [2.24, 2.45) is 11.8 Å². The number of fused-ring (bicyclic) bond motifs is 2. The number of carboxylic acids is 2. The largest absolute Gasteiger partial charge is 0.490 e. The van der Waals surface area contributed by atoms with E-state index >= 15 is 8.78 Å². The van der Waals surface area contributed by atoms with Gasteiger partial charge in [0, 0.05) is 101 Å². The highest BCUT2D eigenvalue weighted by molar-refractivity contribution is 6.15. The van der Waals surface area contributed by atoms with Crippen molar-refractivity contribution in [1.82, 2.24) is 9.80 Å². The zero-order valence-electron chi connectivity index (χ0n) is 60.7. The summed E-state index contributed by atoms with van der Waals surface area (Å²) in [6.45, 7) is 15.3. The Morgan fingerprint density at radius 2 is 0.782 bits per heavy atom. The van der Waals surface area contributed by atoms with Crippen molar-refractivity contribution in [2.75, 3.05) is 105 Å². The van der Waals surface area contributed by atoms with Crippen molar-refractivity contribution in [3.63, 3.8) is 0 Å². The predicted octanol–water partition coefficient (Wildman–Crippen LogP) is 14.0. The number of esters is 2. The maximum Gasteiger partial charge on any atom is 0.490 e. The number of anilines is 4. The summed E-state index contributed by atoms with van der Waals surface area (Å²) in [6.07, 6.45) is -1.29. The van der Waals surface area contributed by atoms with E-state index in [9.17, 15) is 47.0 Å². The molecule has 14 rings (SSSR count). The second kappa shape index (κ2) is 35.9. The summed E-state index contributed by atoms with van der Waals surface area (Å²) >= 11 is 0. The number of Topliss-reactive ketones (excluding diaryl/α,β-unsaturated/α-hetero) is 3. The number of halogens is 5. The first-order valence-electron chi connectivity index (χ1n) is 36.3. The second-order valence-corrected chi connectivity index (χ2v) is 27.7. The van der Waals surface area contributed by atoms with Gasteiger partial charge in [-0.2, -0.15) is 13.2 Å². The standard InChI is InChI=1S/C42H42FN3O4.C36H34FN3O3.C6H10O3.C2HF3O2.CH4/c1-29(2)39(47)20-25-50-41(49)35-28-46(33-18-19-33)37-27-38(36(43)26-34(37)40(35)48)44-21-23-45(24-22-44)42(30-12-6-3-7-13-30,31-14-8-4-9-15-31)32-16-10-5-11-17-32;37-31-22-29-32(40(28-16-17-28)24-30(34(29)41)35(42)43)23-33(31)38-18-20-39(21-19-38)36(25-10-4-1-5-11-25,26-12-6-2-7-13-26)27-14-8-3-9-15-27;1-5(2)6(8)9-4-3-7;3-2(4,5)1(6)7;/h3-17,26-27,33,35H,1,18-25,28H2,2H3;1-15,22-23,28,30H,16-21,24H2,(H,42,43);7H,1,3-4H2,2H3;(H,6,7);1H4. The van der Waals surface area contributed by atoms with Crippen LogP contribution in [0.1, 0.15) is 107 Å². The number of carbonyl (C=O) groups is 7.